The second kappa shape index (κ2) is 7.01. The Balaban J connectivity index is 2.57. The number of nitrogens with zero attached hydrogens (tertiary/aromatic N) is 1. The van der Waals surface area contributed by atoms with E-state index in [1.165, 1.54) is 10.9 Å². The van der Waals surface area contributed by atoms with E-state index in [0.29, 0.717) is 0 Å². The molecule has 1 atom stereocenters. The smallest absolute Gasteiger partial charge is 0.0871 e. The Labute approximate surface area is 127 Å². The van der Waals surface area contributed by atoms with E-state index in [1.54, 1.807) is 0 Å². The van der Waals surface area contributed by atoms with E-state index in [9.17, 15) is 0 Å². The number of nitrogens with one attached hydrogen (secondary N) is 1. The highest BCUT2D eigenvalue weighted by atomic mass is 16.5. The molecule has 0 aliphatic heterocycles. The van der Waals surface area contributed by atoms with Gasteiger partial charge in [-0.2, -0.15) is 0 Å². The molecule has 0 aliphatic carbocycles. The summed E-state index contributed by atoms with van der Waals surface area (Å²) in [5, 5.41) is 4.68. The molecular formula is C18H26N2O. The van der Waals surface area contributed by atoms with E-state index in [4.69, 9.17) is 4.74 Å². The van der Waals surface area contributed by atoms with Gasteiger partial charge in [-0.15, -0.1) is 0 Å². The van der Waals surface area contributed by atoms with Gasteiger partial charge in [0.15, 0.2) is 0 Å². The van der Waals surface area contributed by atoms with Gasteiger partial charge in [0.2, 0.25) is 0 Å². The summed E-state index contributed by atoms with van der Waals surface area (Å²) >= 11 is 0. The summed E-state index contributed by atoms with van der Waals surface area (Å²) in [5.74, 6) is 0. The Kier molecular flexibility index (Phi) is 5.32. The zero-order valence-electron chi connectivity index (χ0n) is 13.5. The molecule has 0 saturated carbocycles. The molecule has 0 radical (unpaired) electrons. The quantitative estimate of drug-likeness (QED) is 0.832. The maximum absolute atomic E-state index is 6.20. The summed E-state index contributed by atoms with van der Waals surface area (Å²) in [6.07, 6.45) is 3.79. The van der Waals surface area contributed by atoms with Crippen LogP contribution in [0.5, 0.6) is 0 Å². The minimum absolute atomic E-state index is 0.153. The van der Waals surface area contributed by atoms with Crippen molar-refractivity contribution in [1.29, 1.82) is 0 Å². The van der Waals surface area contributed by atoms with Crippen LogP contribution in [-0.4, -0.2) is 24.2 Å². The zero-order chi connectivity index (χ0) is 15.3. The molecule has 1 aromatic heterocycles. The number of pyridine rings is 1. The summed E-state index contributed by atoms with van der Waals surface area (Å²) in [7, 11) is 2.01. The minimum atomic E-state index is -0.187. The molecule has 21 heavy (non-hydrogen) atoms. The van der Waals surface area contributed by atoms with Crippen LogP contribution in [0, 0.1) is 0 Å². The van der Waals surface area contributed by atoms with E-state index in [0.717, 1.165) is 25.0 Å². The monoisotopic (exact) mass is 286 g/mol. The lowest BCUT2D eigenvalue weighted by atomic mass is 9.82. The van der Waals surface area contributed by atoms with Gasteiger partial charge < -0.3 is 10.1 Å². The molecule has 3 nitrogen and oxygen atoms in total. The Hall–Kier alpha value is -1.45. The lowest BCUT2D eigenvalue weighted by Gasteiger charge is -2.40. The molecule has 2 rings (SSSR count). The standard InChI is InChI=1S/C18H26N2O/c1-5-18(6-2,21-7-3)17(19-4)15-10-8-12-16-14(15)11-9-13-20-16/h8-13,17,19H,5-7H2,1-4H3. The summed E-state index contributed by atoms with van der Waals surface area (Å²) in [4.78, 5) is 4.47. The molecule has 3 heteroatoms. The van der Waals surface area contributed by atoms with Crippen LogP contribution in [0.25, 0.3) is 10.9 Å². The molecule has 2 aromatic rings. The fourth-order valence-corrected chi connectivity index (χ4v) is 3.31. The van der Waals surface area contributed by atoms with E-state index in [2.05, 4.69) is 55.3 Å². The molecule has 114 valence electrons. The van der Waals surface area contributed by atoms with Crippen molar-refractivity contribution in [2.75, 3.05) is 13.7 Å². The molecule has 0 aliphatic rings. The number of aromatic nitrogens is 1. The average Bonchev–Trinajstić information content (AvgIpc) is 2.54. The van der Waals surface area contributed by atoms with Gasteiger partial charge in [0.25, 0.3) is 0 Å². The van der Waals surface area contributed by atoms with Gasteiger partial charge in [0.1, 0.15) is 0 Å². The number of hydrogen-bond donors (Lipinski definition) is 1. The predicted molar refractivity (Wildman–Crippen MR) is 88.5 cm³/mol. The highest BCUT2D eigenvalue weighted by molar-refractivity contribution is 5.82. The van der Waals surface area contributed by atoms with Crippen molar-refractivity contribution in [2.24, 2.45) is 0 Å². The SMILES string of the molecule is CCOC(CC)(CC)C(NC)c1cccc2ncccc12. The molecule has 0 fully saturated rings. The lowest BCUT2D eigenvalue weighted by Crippen LogP contribution is -2.44. The van der Waals surface area contributed by atoms with Gasteiger partial charge in [-0.1, -0.05) is 32.0 Å². The maximum Gasteiger partial charge on any atom is 0.0871 e. The van der Waals surface area contributed by atoms with E-state index in [1.807, 2.05) is 19.3 Å². The molecule has 1 heterocycles. The van der Waals surface area contributed by atoms with E-state index in [-0.39, 0.29) is 11.6 Å². The van der Waals surface area contributed by atoms with Crippen LogP contribution in [0.1, 0.15) is 45.2 Å². The topological polar surface area (TPSA) is 34.1 Å². The summed E-state index contributed by atoms with van der Waals surface area (Å²) in [6.45, 7) is 7.19. The van der Waals surface area contributed by atoms with Crippen LogP contribution in [0.3, 0.4) is 0 Å². The molecule has 0 bridgehead atoms. The first-order chi connectivity index (χ1) is 10.2. The highest BCUT2D eigenvalue weighted by Gasteiger charge is 2.37. The van der Waals surface area contributed by atoms with Crippen LogP contribution < -0.4 is 5.32 Å². The van der Waals surface area contributed by atoms with Crippen LogP contribution in [0.4, 0.5) is 0 Å². The first-order valence-corrected chi connectivity index (χ1v) is 7.87. The number of ether oxygens (including phenoxy) is 1. The predicted octanol–water partition coefficient (Wildman–Crippen LogP) is 4.09. The van der Waals surface area contributed by atoms with Crippen molar-refractivity contribution in [1.82, 2.24) is 10.3 Å². The summed E-state index contributed by atoms with van der Waals surface area (Å²) in [5.41, 5.74) is 2.11. The molecule has 1 unspecified atom stereocenters. The second-order valence-electron chi connectivity index (χ2n) is 5.34. The largest absolute Gasteiger partial charge is 0.373 e. The maximum atomic E-state index is 6.20. The van der Waals surface area contributed by atoms with Crippen LogP contribution in [0.15, 0.2) is 36.5 Å². The third-order valence-electron chi connectivity index (χ3n) is 4.43. The Bertz CT molecular complexity index is 573. The molecular weight excluding hydrogens is 260 g/mol. The van der Waals surface area contributed by atoms with Crippen molar-refractivity contribution < 1.29 is 4.74 Å². The molecule has 1 aromatic carbocycles. The van der Waals surface area contributed by atoms with Crippen molar-refractivity contribution in [3.05, 3.63) is 42.1 Å². The lowest BCUT2D eigenvalue weighted by molar-refractivity contribution is -0.0714. The number of fused-ring (bicyclic) bond motifs is 1. The molecule has 0 spiro atoms. The Morgan fingerprint density at radius 1 is 1.14 bits per heavy atom. The van der Waals surface area contributed by atoms with Crippen LogP contribution in [-0.2, 0) is 4.74 Å². The Morgan fingerprint density at radius 3 is 2.52 bits per heavy atom. The van der Waals surface area contributed by atoms with E-state index < -0.39 is 0 Å². The van der Waals surface area contributed by atoms with Gasteiger partial charge in [0.05, 0.1) is 17.2 Å². The fourth-order valence-electron chi connectivity index (χ4n) is 3.31. The Morgan fingerprint density at radius 2 is 1.90 bits per heavy atom. The van der Waals surface area contributed by atoms with E-state index >= 15 is 0 Å². The number of likely N-dealkylation sites (N-methyl/N-ethyl adjacent to an activating group) is 1. The summed E-state index contributed by atoms with van der Waals surface area (Å²) < 4.78 is 6.20. The molecule has 0 saturated heterocycles. The first-order valence-electron chi connectivity index (χ1n) is 7.87. The van der Waals surface area contributed by atoms with Gasteiger partial charge >= 0.3 is 0 Å². The fraction of sp³-hybridized carbons (Fsp3) is 0.500. The molecule has 1 N–H and O–H groups in total. The van der Waals surface area contributed by atoms with Gasteiger partial charge in [0, 0.05) is 18.2 Å². The highest BCUT2D eigenvalue weighted by Crippen LogP contribution is 2.37. The van der Waals surface area contributed by atoms with Crippen molar-refractivity contribution >= 4 is 10.9 Å². The zero-order valence-corrected chi connectivity index (χ0v) is 13.5. The van der Waals surface area contributed by atoms with Crippen molar-refractivity contribution in [3.63, 3.8) is 0 Å². The summed E-state index contributed by atoms with van der Waals surface area (Å²) in [6, 6.07) is 10.6. The van der Waals surface area contributed by atoms with Crippen LogP contribution in [0.2, 0.25) is 0 Å². The first kappa shape index (κ1) is 15.9. The van der Waals surface area contributed by atoms with Gasteiger partial charge in [-0.25, -0.2) is 0 Å². The van der Waals surface area contributed by atoms with Gasteiger partial charge in [-0.05, 0) is 44.5 Å². The normalized spacial score (nSPS) is 13.5. The van der Waals surface area contributed by atoms with Gasteiger partial charge in [-0.3, -0.25) is 4.98 Å². The van der Waals surface area contributed by atoms with Crippen molar-refractivity contribution in [3.8, 4) is 0 Å². The minimum Gasteiger partial charge on any atom is -0.373 e. The second-order valence-corrected chi connectivity index (χ2v) is 5.34. The third-order valence-corrected chi connectivity index (χ3v) is 4.43. The van der Waals surface area contributed by atoms with Crippen LogP contribution >= 0.6 is 0 Å². The van der Waals surface area contributed by atoms with Crippen molar-refractivity contribution in [2.45, 2.75) is 45.3 Å². The number of rotatable bonds is 7. The number of benzene rings is 1. The third kappa shape index (κ3) is 2.94. The number of hydrogen-bond acceptors (Lipinski definition) is 3. The average molecular weight is 286 g/mol. The molecule has 0 amide bonds.